The molecule has 1 N–H and O–H groups in total. The Morgan fingerprint density at radius 3 is 2.63 bits per heavy atom. The van der Waals surface area contributed by atoms with Gasteiger partial charge in [-0.1, -0.05) is 42.6 Å². The lowest BCUT2D eigenvalue weighted by molar-refractivity contribution is -0.120. The average molecular weight is 404 g/mol. The number of carbonyl (C=O) groups is 1. The van der Waals surface area contributed by atoms with Gasteiger partial charge in [-0.15, -0.1) is 10.2 Å². The summed E-state index contributed by atoms with van der Waals surface area (Å²) in [4.78, 5) is 12.4. The number of rotatable bonds is 6. The molecular formula is C19H22ClN5OS. The molecule has 0 unspecified atom stereocenters. The number of nitriles is 1. The fourth-order valence-electron chi connectivity index (χ4n) is 3.35. The van der Waals surface area contributed by atoms with Gasteiger partial charge in [0.1, 0.15) is 5.54 Å². The lowest BCUT2D eigenvalue weighted by Crippen LogP contribution is -2.49. The van der Waals surface area contributed by atoms with Crippen LogP contribution in [0.1, 0.15) is 39.0 Å². The van der Waals surface area contributed by atoms with E-state index in [9.17, 15) is 10.1 Å². The second kappa shape index (κ2) is 8.77. The topological polar surface area (TPSA) is 83.6 Å². The van der Waals surface area contributed by atoms with Crippen molar-refractivity contribution in [1.82, 2.24) is 20.1 Å². The number of nitrogens with one attached hydrogen (secondary N) is 1. The van der Waals surface area contributed by atoms with E-state index >= 15 is 0 Å². The standard InChI is InChI=1S/C19H22ClN5OS/c1-2-25-17(14-6-8-15(20)9-7-14)23-24-18(25)27-12-16(26)22-19(13-21)10-4-3-5-11-19/h6-9H,2-5,10-12H2,1H3,(H,22,26). The molecule has 27 heavy (non-hydrogen) atoms. The number of amides is 1. The monoisotopic (exact) mass is 403 g/mol. The van der Waals surface area contributed by atoms with Crippen molar-refractivity contribution in [2.75, 3.05) is 5.75 Å². The third kappa shape index (κ3) is 4.63. The molecule has 0 radical (unpaired) electrons. The summed E-state index contributed by atoms with van der Waals surface area (Å²) in [5, 5.41) is 22.3. The fourth-order valence-corrected chi connectivity index (χ4v) is 4.27. The number of hydrogen-bond donors (Lipinski definition) is 1. The SMILES string of the molecule is CCn1c(SCC(=O)NC2(C#N)CCCCC2)nnc1-c1ccc(Cl)cc1. The van der Waals surface area contributed by atoms with Gasteiger partial charge in [-0.2, -0.15) is 5.26 Å². The van der Waals surface area contributed by atoms with Crippen LogP contribution in [0.25, 0.3) is 11.4 Å². The smallest absolute Gasteiger partial charge is 0.231 e. The van der Waals surface area contributed by atoms with Crippen LogP contribution in [0.15, 0.2) is 29.4 Å². The maximum absolute atomic E-state index is 12.4. The molecule has 2 aromatic rings. The van der Waals surface area contributed by atoms with Crippen LogP contribution in [0.4, 0.5) is 0 Å². The van der Waals surface area contributed by atoms with Crippen molar-refractivity contribution in [3.8, 4) is 17.5 Å². The molecule has 1 fully saturated rings. The lowest BCUT2D eigenvalue weighted by atomic mass is 9.83. The van der Waals surface area contributed by atoms with Gasteiger partial charge in [-0.05, 0) is 44.0 Å². The average Bonchev–Trinajstić information content (AvgIpc) is 3.10. The minimum atomic E-state index is -0.706. The van der Waals surface area contributed by atoms with Crippen LogP contribution in [0.2, 0.25) is 5.02 Å². The second-order valence-corrected chi connectivity index (χ2v) is 8.03. The van der Waals surface area contributed by atoms with E-state index in [-0.39, 0.29) is 11.7 Å². The molecule has 1 aliphatic rings. The van der Waals surface area contributed by atoms with Gasteiger partial charge in [-0.3, -0.25) is 4.79 Å². The van der Waals surface area contributed by atoms with Gasteiger partial charge < -0.3 is 9.88 Å². The van der Waals surface area contributed by atoms with Crippen molar-refractivity contribution in [2.45, 2.75) is 56.3 Å². The summed E-state index contributed by atoms with van der Waals surface area (Å²) < 4.78 is 1.97. The summed E-state index contributed by atoms with van der Waals surface area (Å²) in [6.45, 7) is 2.71. The van der Waals surface area contributed by atoms with Crippen LogP contribution in [-0.2, 0) is 11.3 Å². The van der Waals surface area contributed by atoms with Crippen molar-refractivity contribution in [1.29, 1.82) is 5.26 Å². The van der Waals surface area contributed by atoms with Gasteiger partial charge in [0.2, 0.25) is 5.91 Å². The second-order valence-electron chi connectivity index (χ2n) is 6.65. The Kier molecular flexibility index (Phi) is 6.40. The molecule has 8 heteroatoms. The molecule has 0 bridgehead atoms. The number of carbonyl (C=O) groups excluding carboxylic acids is 1. The first kappa shape index (κ1) is 19.7. The summed E-state index contributed by atoms with van der Waals surface area (Å²) in [5.74, 6) is 0.822. The molecule has 6 nitrogen and oxygen atoms in total. The number of thioether (sulfide) groups is 1. The van der Waals surface area contributed by atoms with E-state index in [1.165, 1.54) is 11.8 Å². The van der Waals surface area contributed by atoms with E-state index in [0.717, 1.165) is 43.5 Å². The van der Waals surface area contributed by atoms with Crippen LogP contribution in [0, 0.1) is 11.3 Å². The Balaban J connectivity index is 1.66. The van der Waals surface area contributed by atoms with E-state index in [0.29, 0.717) is 16.7 Å². The molecule has 0 atom stereocenters. The maximum Gasteiger partial charge on any atom is 0.231 e. The van der Waals surface area contributed by atoms with Crippen LogP contribution in [0.5, 0.6) is 0 Å². The highest BCUT2D eigenvalue weighted by Crippen LogP contribution is 2.28. The minimum Gasteiger partial charge on any atom is -0.337 e. The Hall–Kier alpha value is -2.04. The van der Waals surface area contributed by atoms with E-state index in [4.69, 9.17) is 11.6 Å². The Morgan fingerprint density at radius 1 is 1.30 bits per heavy atom. The molecular weight excluding hydrogens is 382 g/mol. The molecule has 3 rings (SSSR count). The first-order chi connectivity index (χ1) is 13.1. The van der Waals surface area contributed by atoms with Crippen LogP contribution < -0.4 is 5.32 Å². The molecule has 0 aliphatic heterocycles. The summed E-state index contributed by atoms with van der Waals surface area (Å²) in [5.41, 5.74) is 0.221. The van der Waals surface area contributed by atoms with Crippen LogP contribution in [0.3, 0.4) is 0 Å². The Bertz CT molecular complexity index is 837. The minimum absolute atomic E-state index is 0.137. The number of aromatic nitrogens is 3. The highest BCUT2D eigenvalue weighted by molar-refractivity contribution is 7.99. The first-order valence-electron chi connectivity index (χ1n) is 9.11. The van der Waals surface area contributed by atoms with E-state index < -0.39 is 5.54 Å². The van der Waals surface area contributed by atoms with Crippen LogP contribution in [-0.4, -0.2) is 32.0 Å². The van der Waals surface area contributed by atoms with Gasteiger partial charge in [0.05, 0.1) is 11.8 Å². The van der Waals surface area contributed by atoms with E-state index in [1.54, 1.807) is 0 Å². The first-order valence-corrected chi connectivity index (χ1v) is 10.5. The number of hydrogen-bond acceptors (Lipinski definition) is 5. The fraction of sp³-hybridized carbons (Fsp3) is 0.474. The van der Waals surface area contributed by atoms with Crippen molar-refractivity contribution in [3.63, 3.8) is 0 Å². The summed E-state index contributed by atoms with van der Waals surface area (Å²) in [6.07, 6.45) is 4.55. The predicted molar refractivity (Wildman–Crippen MR) is 106 cm³/mol. The lowest BCUT2D eigenvalue weighted by Gasteiger charge is -2.31. The van der Waals surface area contributed by atoms with Crippen molar-refractivity contribution >= 4 is 29.3 Å². The Morgan fingerprint density at radius 2 is 2.00 bits per heavy atom. The third-order valence-electron chi connectivity index (χ3n) is 4.77. The number of halogens is 1. The molecule has 142 valence electrons. The number of benzene rings is 1. The van der Waals surface area contributed by atoms with E-state index in [2.05, 4.69) is 21.6 Å². The van der Waals surface area contributed by atoms with Gasteiger partial charge in [0.15, 0.2) is 11.0 Å². The summed E-state index contributed by atoms with van der Waals surface area (Å²) >= 11 is 7.29. The summed E-state index contributed by atoms with van der Waals surface area (Å²) in [7, 11) is 0. The quantitative estimate of drug-likeness (QED) is 0.735. The van der Waals surface area contributed by atoms with Gasteiger partial charge >= 0.3 is 0 Å². The van der Waals surface area contributed by atoms with Gasteiger partial charge in [-0.25, -0.2) is 0 Å². The van der Waals surface area contributed by atoms with Gasteiger partial charge in [0.25, 0.3) is 0 Å². The molecule has 1 saturated carbocycles. The highest BCUT2D eigenvalue weighted by Gasteiger charge is 2.33. The van der Waals surface area contributed by atoms with Crippen molar-refractivity contribution < 1.29 is 4.79 Å². The van der Waals surface area contributed by atoms with Crippen molar-refractivity contribution in [2.24, 2.45) is 0 Å². The zero-order chi connectivity index (χ0) is 19.3. The maximum atomic E-state index is 12.4. The third-order valence-corrected chi connectivity index (χ3v) is 5.99. The summed E-state index contributed by atoms with van der Waals surface area (Å²) in [6, 6.07) is 9.75. The largest absolute Gasteiger partial charge is 0.337 e. The molecule has 0 spiro atoms. The Labute approximate surface area is 168 Å². The van der Waals surface area contributed by atoms with Crippen molar-refractivity contribution in [3.05, 3.63) is 29.3 Å². The highest BCUT2D eigenvalue weighted by atomic mass is 35.5. The van der Waals surface area contributed by atoms with Gasteiger partial charge in [0, 0.05) is 17.1 Å². The normalized spacial score (nSPS) is 15.9. The van der Waals surface area contributed by atoms with E-state index in [1.807, 2.05) is 35.8 Å². The zero-order valence-corrected chi connectivity index (χ0v) is 16.8. The molecule has 1 amide bonds. The van der Waals surface area contributed by atoms with Crippen LogP contribution >= 0.6 is 23.4 Å². The molecule has 1 aliphatic carbocycles. The number of nitrogens with zero attached hydrogens (tertiary/aromatic N) is 4. The molecule has 1 heterocycles. The molecule has 1 aromatic heterocycles. The predicted octanol–water partition coefficient (Wildman–Crippen LogP) is 4.05. The molecule has 1 aromatic carbocycles. The molecule has 0 saturated heterocycles. The zero-order valence-electron chi connectivity index (χ0n) is 15.2.